The van der Waals surface area contributed by atoms with Crippen molar-refractivity contribution < 1.29 is 14.3 Å². The highest BCUT2D eigenvalue weighted by Crippen LogP contribution is 2.11. The molecule has 1 heterocycles. The van der Waals surface area contributed by atoms with Crippen molar-refractivity contribution in [2.45, 2.75) is 6.04 Å². The average Bonchev–Trinajstić information content (AvgIpc) is 2.97. The molecule has 0 aliphatic heterocycles. The molecule has 1 aromatic heterocycles. The predicted octanol–water partition coefficient (Wildman–Crippen LogP) is 2.14. The van der Waals surface area contributed by atoms with E-state index in [-0.39, 0.29) is 12.5 Å². The molecule has 1 aromatic carbocycles. The van der Waals surface area contributed by atoms with Gasteiger partial charge in [0, 0.05) is 6.08 Å². The number of furan rings is 1. The Morgan fingerprint density at radius 2 is 2.05 bits per heavy atom. The van der Waals surface area contributed by atoms with Gasteiger partial charge in [0.25, 0.3) is 0 Å². The van der Waals surface area contributed by atoms with Crippen LogP contribution >= 0.6 is 0 Å². The lowest BCUT2D eigenvalue weighted by Gasteiger charge is -2.15. The maximum atomic E-state index is 11.7. The molecule has 0 saturated carbocycles. The summed E-state index contributed by atoms with van der Waals surface area (Å²) >= 11 is 0. The fourth-order valence-electron chi connectivity index (χ4n) is 1.68. The summed E-state index contributed by atoms with van der Waals surface area (Å²) in [7, 11) is 0. The summed E-state index contributed by atoms with van der Waals surface area (Å²) in [6.45, 7) is -0.148. The Balaban J connectivity index is 1.97. The van der Waals surface area contributed by atoms with Crippen molar-refractivity contribution in [2.24, 2.45) is 0 Å². The minimum absolute atomic E-state index is 0.148. The van der Waals surface area contributed by atoms with Crippen LogP contribution in [0.4, 0.5) is 0 Å². The van der Waals surface area contributed by atoms with E-state index in [1.165, 1.54) is 12.3 Å². The molecule has 1 atom stereocenters. The normalized spacial score (nSPS) is 12.5. The highest BCUT2D eigenvalue weighted by molar-refractivity contribution is 5.91. The van der Waals surface area contributed by atoms with Crippen LogP contribution in [0.3, 0.4) is 0 Å². The monoisotopic (exact) mass is 257 g/mol. The number of carbonyl (C=O) groups excluding carboxylic acids is 1. The molecule has 0 aliphatic carbocycles. The number of hydrogen-bond donors (Lipinski definition) is 2. The van der Waals surface area contributed by atoms with Crippen molar-refractivity contribution in [2.75, 3.05) is 6.61 Å². The predicted molar refractivity (Wildman–Crippen MR) is 72.2 cm³/mol. The van der Waals surface area contributed by atoms with E-state index >= 15 is 0 Å². The molecule has 2 N–H and O–H groups in total. The third-order valence-corrected chi connectivity index (χ3v) is 2.64. The van der Waals surface area contributed by atoms with Crippen molar-refractivity contribution in [1.29, 1.82) is 0 Å². The van der Waals surface area contributed by atoms with Gasteiger partial charge in [-0.15, -0.1) is 0 Å². The van der Waals surface area contributed by atoms with Crippen LogP contribution < -0.4 is 5.32 Å². The average molecular weight is 257 g/mol. The third kappa shape index (κ3) is 3.82. The second-order valence-corrected chi connectivity index (χ2v) is 4.00. The number of nitrogens with one attached hydrogen (secondary N) is 1. The van der Waals surface area contributed by atoms with Crippen LogP contribution in [0.15, 0.2) is 59.2 Å². The first-order chi connectivity index (χ1) is 9.29. The van der Waals surface area contributed by atoms with Crippen LogP contribution in [0.1, 0.15) is 17.4 Å². The van der Waals surface area contributed by atoms with Gasteiger partial charge in [-0.3, -0.25) is 4.79 Å². The number of aliphatic hydroxyl groups is 1. The first-order valence-corrected chi connectivity index (χ1v) is 5.97. The molecule has 0 saturated heterocycles. The molecule has 2 rings (SSSR count). The molecule has 0 unspecified atom stereocenters. The molecule has 19 heavy (non-hydrogen) atoms. The van der Waals surface area contributed by atoms with E-state index in [9.17, 15) is 9.90 Å². The quantitative estimate of drug-likeness (QED) is 0.807. The van der Waals surface area contributed by atoms with Crippen LogP contribution in [0.5, 0.6) is 0 Å². The van der Waals surface area contributed by atoms with E-state index in [0.29, 0.717) is 5.76 Å². The van der Waals surface area contributed by atoms with Crippen molar-refractivity contribution in [3.63, 3.8) is 0 Å². The Morgan fingerprint density at radius 1 is 1.26 bits per heavy atom. The van der Waals surface area contributed by atoms with E-state index in [0.717, 1.165) is 5.56 Å². The minimum atomic E-state index is -0.407. The summed E-state index contributed by atoms with van der Waals surface area (Å²) in [5, 5.41) is 12.1. The molecule has 0 bridgehead atoms. The van der Waals surface area contributed by atoms with E-state index in [1.54, 1.807) is 18.2 Å². The Hall–Kier alpha value is -2.33. The zero-order valence-corrected chi connectivity index (χ0v) is 10.3. The van der Waals surface area contributed by atoms with Gasteiger partial charge in [0.15, 0.2) is 0 Å². The van der Waals surface area contributed by atoms with Crippen molar-refractivity contribution in [3.8, 4) is 0 Å². The van der Waals surface area contributed by atoms with Gasteiger partial charge in [0.2, 0.25) is 5.91 Å². The van der Waals surface area contributed by atoms with Crippen LogP contribution in [0.25, 0.3) is 6.08 Å². The topological polar surface area (TPSA) is 62.5 Å². The lowest BCUT2D eigenvalue weighted by molar-refractivity contribution is -0.117. The van der Waals surface area contributed by atoms with Crippen LogP contribution in [-0.4, -0.2) is 17.6 Å². The fraction of sp³-hybridized carbons (Fsp3) is 0.133. The summed E-state index contributed by atoms with van der Waals surface area (Å²) in [4.78, 5) is 11.7. The summed E-state index contributed by atoms with van der Waals surface area (Å²) in [5.74, 6) is 0.328. The number of hydrogen-bond acceptors (Lipinski definition) is 3. The van der Waals surface area contributed by atoms with Gasteiger partial charge in [-0.25, -0.2) is 0 Å². The van der Waals surface area contributed by atoms with Gasteiger partial charge in [-0.05, 0) is 23.8 Å². The molecule has 0 radical (unpaired) electrons. The molecule has 98 valence electrons. The largest absolute Gasteiger partial charge is 0.465 e. The minimum Gasteiger partial charge on any atom is -0.465 e. The zero-order chi connectivity index (χ0) is 13.5. The van der Waals surface area contributed by atoms with Crippen molar-refractivity contribution in [3.05, 3.63) is 66.1 Å². The van der Waals surface area contributed by atoms with Gasteiger partial charge < -0.3 is 14.8 Å². The van der Waals surface area contributed by atoms with Crippen molar-refractivity contribution in [1.82, 2.24) is 5.32 Å². The van der Waals surface area contributed by atoms with Crippen molar-refractivity contribution >= 4 is 12.0 Å². The Bertz CT molecular complexity index is 532. The molecule has 2 aromatic rings. The summed E-state index contributed by atoms with van der Waals surface area (Å²) in [6, 6.07) is 12.4. The fourth-order valence-corrected chi connectivity index (χ4v) is 1.68. The highest BCUT2D eigenvalue weighted by atomic mass is 16.3. The number of amides is 1. The Morgan fingerprint density at radius 3 is 2.68 bits per heavy atom. The van der Waals surface area contributed by atoms with E-state index in [4.69, 9.17) is 4.42 Å². The highest BCUT2D eigenvalue weighted by Gasteiger charge is 2.11. The lowest BCUT2D eigenvalue weighted by atomic mass is 10.1. The standard InChI is InChI=1S/C15H15NO3/c17-11-14(12-5-2-1-3-6-12)16-15(18)9-8-13-7-4-10-19-13/h1-10,14,17H,11H2,(H,16,18)/b9-8+/t14-/m1/s1. The maximum absolute atomic E-state index is 11.7. The molecular formula is C15H15NO3. The molecule has 0 fully saturated rings. The lowest BCUT2D eigenvalue weighted by Crippen LogP contribution is -2.29. The number of rotatable bonds is 5. The second-order valence-electron chi connectivity index (χ2n) is 4.00. The Labute approximate surface area is 111 Å². The van der Waals surface area contributed by atoms with E-state index < -0.39 is 6.04 Å². The smallest absolute Gasteiger partial charge is 0.244 e. The summed E-state index contributed by atoms with van der Waals surface area (Å²) < 4.78 is 5.08. The van der Waals surface area contributed by atoms with Gasteiger partial charge in [-0.2, -0.15) is 0 Å². The van der Waals surface area contributed by atoms with Gasteiger partial charge >= 0.3 is 0 Å². The first kappa shape index (κ1) is 13.1. The first-order valence-electron chi connectivity index (χ1n) is 5.97. The zero-order valence-electron chi connectivity index (χ0n) is 10.3. The van der Waals surface area contributed by atoms with Crippen LogP contribution in [0.2, 0.25) is 0 Å². The molecule has 4 nitrogen and oxygen atoms in total. The molecule has 0 aliphatic rings. The molecular weight excluding hydrogens is 242 g/mol. The summed E-state index contributed by atoms with van der Waals surface area (Å²) in [5.41, 5.74) is 0.866. The maximum Gasteiger partial charge on any atom is 0.244 e. The van der Waals surface area contributed by atoms with Gasteiger partial charge in [0.1, 0.15) is 5.76 Å². The van der Waals surface area contributed by atoms with Gasteiger partial charge in [0.05, 0.1) is 18.9 Å². The Kier molecular flexibility index (Phi) is 4.53. The van der Waals surface area contributed by atoms with E-state index in [1.807, 2.05) is 30.3 Å². The molecule has 0 spiro atoms. The number of aliphatic hydroxyl groups excluding tert-OH is 1. The third-order valence-electron chi connectivity index (χ3n) is 2.64. The number of carbonyl (C=O) groups is 1. The number of benzene rings is 1. The summed E-state index contributed by atoms with van der Waals surface area (Å²) in [6.07, 6.45) is 4.50. The van der Waals surface area contributed by atoms with E-state index in [2.05, 4.69) is 5.32 Å². The molecule has 4 heteroatoms. The molecule has 1 amide bonds. The van der Waals surface area contributed by atoms with Crippen LogP contribution in [0, 0.1) is 0 Å². The van der Waals surface area contributed by atoms with Crippen LogP contribution in [-0.2, 0) is 4.79 Å². The van der Waals surface area contributed by atoms with Gasteiger partial charge in [-0.1, -0.05) is 30.3 Å². The SMILES string of the molecule is O=C(/C=C/c1ccco1)N[C@H](CO)c1ccccc1. The second kappa shape index (κ2) is 6.56.